The summed E-state index contributed by atoms with van der Waals surface area (Å²) >= 11 is 11.9. The quantitative estimate of drug-likeness (QED) is 0.480. The van der Waals surface area contributed by atoms with Crippen LogP contribution < -0.4 is 14.4 Å². The van der Waals surface area contributed by atoms with Crippen LogP contribution in [-0.4, -0.2) is 27.5 Å². The highest BCUT2D eigenvalue weighted by atomic mass is 35.5. The Labute approximate surface area is 191 Å². The summed E-state index contributed by atoms with van der Waals surface area (Å²) in [6, 6.07) is 19.5. The van der Waals surface area contributed by atoms with E-state index >= 15 is 0 Å². The largest absolute Gasteiger partial charge is 0.484 e. The van der Waals surface area contributed by atoms with Crippen LogP contribution in [-0.2, 0) is 14.8 Å². The Morgan fingerprint density at radius 3 is 2.32 bits per heavy atom. The van der Waals surface area contributed by atoms with E-state index in [1.807, 2.05) is 0 Å². The zero-order chi connectivity index (χ0) is 22.4. The lowest BCUT2D eigenvalue weighted by molar-refractivity contribution is -0.118. The first kappa shape index (κ1) is 22.9. The number of nitrogens with zero attached hydrogens (tertiary/aromatic N) is 1. The Bertz CT molecular complexity index is 1150. The number of anilines is 2. The fourth-order valence-corrected chi connectivity index (χ4v) is 4.68. The van der Waals surface area contributed by atoms with Gasteiger partial charge in [-0.05, 0) is 61.5 Å². The Hall–Kier alpha value is -2.74. The second kappa shape index (κ2) is 10.0. The van der Waals surface area contributed by atoms with Gasteiger partial charge in [0.1, 0.15) is 5.75 Å². The van der Waals surface area contributed by atoms with Gasteiger partial charge >= 0.3 is 0 Å². The molecule has 0 radical (unpaired) electrons. The number of nitrogens with one attached hydrogen (secondary N) is 1. The van der Waals surface area contributed by atoms with Gasteiger partial charge in [0.05, 0.1) is 21.3 Å². The molecule has 3 aromatic carbocycles. The van der Waals surface area contributed by atoms with Gasteiger partial charge in [-0.15, -0.1) is 0 Å². The molecule has 0 spiro atoms. The van der Waals surface area contributed by atoms with Crippen molar-refractivity contribution in [2.45, 2.75) is 11.8 Å². The zero-order valence-electron chi connectivity index (χ0n) is 16.6. The predicted molar refractivity (Wildman–Crippen MR) is 124 cm³/mol. The molecule has 1 N–H and O–H groups in total. The van der Waals surface area contributed by atoms with Crippen molar-refractivity contribution in [1.82, 2.24) is 0 Å². The molecule has 0 saturated carbocycles. The molecule has 0 saturated heterocycles. The molecule has 3 rings (SSSR count). The van der Waals surface area contributed by atoms with Crippen molar-refractivity contribution < 1.29 is 17.9 Å². The predicted octanol–water partition coefficient (Wildman–Crippen LogP) is 5.23. The Kier molecular flexibility index (Phi) is 7.43. The molecule has 31 heavy (non-hydrogen) atoms. The summed E-state index contributed by atoms with van der Waals surface area (Å²) in [6.07, 6.45) is 0. The molecule has 0 aliphatic heterocycles. The van der Waals surface area contributed by atoms with Crippen LogP contribution >= 0.6 is 23.2 Å². The summed E-state index contributed by atoms with van der Waals surface area (Å²) in [5.41, 5.74) is 0.886. The van der Waals surface area contributed by atoms with Crippen LogP contribution in [0.5, 0.6) is 5.75 Å². The summed E-state index contributed by atoms with van der Waals surface area (Å²) in [7, 11) is -3.68. The van der Waals surface area contributed by atoms with E-state index in [2.05, 4.69) is 5.32 Å². The number of amides is 1. The van der Waals surface area contributed by atoms with E-state index in [4.69, 9.17) is 27.9 Å². The smallest absolute Gasteiger partial charge is 0.264 e. The molecule has 162 valence electrons. The van der Waals surface area contributed by atoms with E-state index in [9.17, 15) is 13.2 Å². The minimum absolute atomic E-state index is 0.216. The number of benzene rings is 3. The van der Waals surface area contributed by atoms with E-state index in [0.29, 0.717) is 27.2 Å². The molecular weight excluding hydrogens is 459 g/mol. The number of rotatable bonds is 8. The second-order valence-electron chi connectivity index (χ2n) is 6.44. The highest BCUT2D eigenvalue weighted by molar-refractivity contribution is 7.92. The van der Waals surface area contributed by atoms with E-state index < -0.39 is 15.9 Å². The third kappa shape index (κ3) is 5.70. The van der Waals surface area contributed by atoms with Crippen LogP contribution in [0.15, 0.2) is 77.7 Å². The van der Waals surface area contributed by atoms with Crippen LogP contribution in [0.2, 0.25) is 10.0 Å². The van der Waals surface area contributed by atoms with E-state index in [0.717, 1.165) is 0 Å². The van der Waals surface area contributed by atoms with Crippen LogP contribution in [0.4, 0.5) is 11.4 Å². The normalized spacial score (nSPS) is 11.1. The highest BCUT2D eigenvalue weighted by Crippen LogP contribution is 2.27. The number of halogens is 2. The molecule has 3 aromatic rings. The Morgan fingerprint density at radius 1 is 1.00 bits per heavy atom. The van der Waals surface area contributed by atoms with Crippen molar-refractivity contribution in [1.29, 1.82) is 0 Å². The fraction of sp³-hybridized carbons (Fsp3) is 0.136. The van der Waals surface area contributed by atoms with E-state index in [-0.39, 0.29) is 18.0 Å². The average molecular weight is 479 g/mol. The number of sulfonamides is 1. The summed E-state index contributed by atoms with van der Waals surface area (Å²) in [6.45, 7) is 1.78. The zero-order valence-corrected chi connectivity index (χ0v) is 18.9. The molecular formula is C22H20Cl2N2O4S. The van der Waals surface area contributed by atoms with Gasteiger partial charge in [-0.3, -0.25) is 9.10 Å². The fourth-order valence-electron chi connectivity index (χ4n) is 2.85. The minimum atomic E-state index is -3.68. The highest BCUT2D eigenvalue weighted by Gasteiger charge is 2.23. The topological polar surface area (TPSA) is 75.7 Å². The van der Waals surface area contributed by atoms with Gasteiger partial charge in [0.2, 0.25) is 0 Å². The van der Waals surface area contributed by atoms with Crippen molar-refractivity contribution >= 4 is 50.5 Å². The van der Waals surface area contributed by atoms with Crippen molar-refractivity contribution in [2.75, 3.05) is 22.8 Å². The van der Waals surface area contributed by atoms with Gasteiger partial charge in [-0.25, -0.2) is 8.42 Å². The number of ether oxygens (including phenoxy) is 1. The minimum Gasteiger partial charge on any atom is -0.484 e. The second-order valence-corrected chi connectivity index (χ2v) is 9.14. The third-order valence-corrected chi connectivity index (χ3v) is 6.80. The van der Waals surface area contributed by atoms with Gasteiger partial charge in [-0.1, -0.05) is 41.4 Å². The number of hydrogen-bond donors (Lipinski definition) is 1. The monoisotopic (exact) mass is 478 g/mol. The molecule has 0 fully saturated rings. The van der Waals surface area contributed by atoms with Crippen LogP contribution in [0.25, 0.3) is 0 Å². The summed E-state index contributed by atoms with van der Waals surface area (Å²) in [4.78, 5) is 12.3. The van der Waals surface area contributed by atoms with Gasteiger partial charge in [0.15, 0.2) is 6.61 Å². The molecule has 0 bridgehead atoms. The number of carbonyl (C=O) groups is 1. The summed E-state index contributed by atoms with van der Waals surface area (Å²) in [5, 5.41) is 3.44. The number of carbonyl (C=O) groups excluding carboxylic acids is 1. The molecule has 0 atom stereocenters. The summed E-state index contributed by atoms with van der Waals surface area (Å²) < 4.78 is 32.6. The molecule has 0 aliphatic carbocycles. The maximum Gasteiger partial charge on any atom is 0.264 e. The standard InChI is InChI=1S/C22H20Cl2N2O4S/c1-2-26(31(28,29)19-6-4-3-5-7-19)17-9-11-18(12-10-17)30-15-22(27)25-21-14-16(23)8-13-20(21)24/h3-14H,2,15H2,1H3,(H,25,27). The molecule has 0 heterocycles. The lowest BCUT2D eigenvalue weighted by atomic mass is 10.3. The first-order valence-electron chi connectivity index (χ1n) is 9.37. The van der Waals surface area contributed by atoms with Crippen molar-refractivity contribution in [3.05, 3.63) is 82.8 Å². The maximum absolute atomic E-state index is 12.9. The Morgan fingerprint density at radius 2 is 1.68 bits per heavy atom. The SMILES string of the molecule is CCN(c1ccc(OCC(=O)Nc2cc(Cl)ccc2Cl)cc1)S(=O)(=O)c1ccccc1. The first-order valence-corrected chi connectivity index (χ1v) is 11.6. The van der Waals surface area contributed by atoms with E-state index in [1.54, 1.807) is 79.7 Å². The molecule has 6 nitrogen and oxygen atoms in total. The average Bonchev–Trinajstić information content (AvgIpc) is 2.77. The van der Waals surface area contributed by atoms with Crippen LogP contribution in [0.3, 0.4) is 0 Å². The molecule has 1 amide bonds. The summed E-state index contributed by atoms with van der Waals surface area (Å²) in [5.74, 6) is 0.0133. The molecule has 0 unspecified atom stereocenters. The molecule has 9 heteroatoms. The van der Waals surface area contributed by atoms with Gasteiger partial charge < -0.3 is 10.1 Å². The van der Waals surface area contributed by atoms with E-state index in [1.165, 1.54) is 4.31 Å². The van der Waals surface area contributed by atoms with Gasteiger partial charge in [0, 0.05) is 11.6 Å². The molecule has 0 aliphatic rings. The van der Waals surface area contributed by atoms with Crippen molar-refractivity contribution in [3.8, 4) is 5.75 Å². The van der Waals surface area contributed by atoms with Crippen molar-refractivity contribution in [3.63, 3.8) is 0 Å². The lowest BCUT2D eigenvalue weighted by Crippen LogP contribution is -2.30. The Balaban J connectivity index is 1.65. The lowest BCUT2D eigenvalue weighted by Gasteiger charge is -2.23. The number of hydrogen-bond acceptors (Lipinski definition) is 4. The van der Waals surface area contributed by atoms with Gasteiger partial charge in [0.25, 0.3) is 15.9 Å². The van der Waals surface area contributed by atoms with Crippen LogP contribution in [0.1, 0.15) is 6.92 Å². The first-order chi connectivity index (χ1) is 14.8. The third-order valence-electron chi connectivity index (χ3n) is 4.32. The van der Waals surface area contributed by atoms with Crippen molar-refractivity contribution in [2.24, 2.45) is 0 Å². The molecule has 0 aromatic heterocycles. The van der Waals surface area contributed by atoms with Crippen LogP contribution in [0, 0.1) is 0 Å². The maximum atomic E-state index is 12.9. The van der Waals surface area contributed by atoms with Gasteiger partial charge in [-0.2, -0.15) is 0 Å².